The molecule has 4 heteroatoms. The van der Waals surface area contributed by atoms with Crippen molar-refractivity contribution in [2.45, 2.75) is 26.4 Å². The average Bonchev–Trinajstić information content (AvgIpc) is 2.71. The normalized spacial score (nSPS) is 14.4. The number of ketones is 2. The molecule has 0 bridgehead atoms. The van der Waals surface area contributed by atoms with Crippen molar-refractivity contribution < 1.29 is 9.59 Å². The Labute approximate surface area is 170 Å². The van der Waals surface area contributed by atoms with Crippen molar-refractivity contribution in [2.24, 2.45) is 0 Å². The molecule has 0 fully saturated rings. The van der Waals surface area contributed by atoms with Gasteiger partial charge in [0.05, 0.1) is 5.03 Å². The Kier molecular flexibility index (Phi) is 6.27. The molecule has 0 saturated heterocycles. The summed E-state index contributed by atoms with van der Waals surface area (Å²) in [5, 5.41) is -0.0293. The zero-order chi connectivity index (χ0) is 20.1. The molecule has 28 heavy (non-hydrogen) atoms. The number of rotatable bonds is 6. The van der Waals surface area contributed by atoms with E-state index in [0.29, 0.717) is 17.2 Å². The topological polar surface area (TPSA) is 37.4 Å². The molecule has 0 aliphatic heterocycles. The molecule has 1 aliphatic carbocycles. The monoisotopic (exact) mass is 391 g/mol. The molecule has 0 spiro atoms. The lowest BCUT2D eigenvalue weighted by Crippen LogP contribution is -2.24. The van der Waals surface area contributed by atoms with Gasteiger partial charge in [-0.05, 0) is 37.8 Å². The Bertz CT molecular complexity index is 971. The summed E-state index contributed by atoms with van der Waals surface area (Å²) in [6.45, 7) is 5.03. The maximum atomic E-state index is 12.7. The molecule has 0 N–H and O–H groups in total. The van der Waals surface area contributed by atoms with Crippen LogP contribution in [-0.4, -0.2) is 22.5 Å². The number of halogens is 1. The van der Waals surface area contributed by atoms with E-state index in [-0.39, 0.29) is 22.2 Å². The number of carbonyl (C=O) groups is 2. The summed E-state index contributed by atoms with van der Waals surface area (Å²) < 4.78 is 0. The highest BCUT2D eigenvalue weighted by Gasteiger charge is 2.29. The molecule has 0 saturated carbocycles. The summed E-state index contributed by atoms with van der Waals surface area (Å²) in [4.78, 5) is 27.3. The number of carbonyl (C=O) groups excluding carboxylic acids is 2. The van der Waals surface area contributed by atoms with Gasteiger partial charge < -0.3 is 4.90 Å². The van der Waals surface area contributed by atoms with E-state index in [1.165, 1.54) is 5.56 Å². The van der Waals surface area contributed by atoms with Crippen molar-refractivity contribution in [3.05, 3.63) is 106 Å². The van der Waals surface area contributed by atoms with Gasteiger partial charge in [-0.3, -0.25) is 9.59 Å². The summed E-state index contributed by atoms with van der Waals surface area (Å²) in [5.41, 5.74) is 2.21. The van der Waals surface area contributed by atoms with Crippen molar-refractivity contribution in [1.82, 2.24) is 4.90 Å². The van der Waals surface area contributed by atoms with Crippen LogP contribution in [0.15, 0.2) is 89.6 Å². The van der Waals surface area contributed by atoms with Crippen molar-refractivity contribution >= 4 is 23.2 Å². The van der Waals surface area contributed by atoms with Gasteiger partial charge in [-0.2, -0.15) is 0 Å². The maximum absolute atomic E-state index is 12.7. The molecule has 3 rings (SSSR count). The van der Waals surface area contributed by atoms with Crippen LogP contribution in [-0.2, 0) is 6.54 Å². The van der Waals surface area contributed by atoms with Crippen LogP contribution < -0.4 is 0 Å². The number of hydrogen-bond donors (Lipinski definition) is 0. The highest BCUT2D eigenvalue weighted by molar-refractivity contribution is 6.50. The van der Waals surface area contributed by atoms with Crippen molar-refractivity contribution in [3.8, 4) is 0 Å². The van der Waals surface area contributed by atoms with Crippen LogP contribution in [0.1, 0.15) is 40.1 Å². The highest BCUT2D eigenvalue weighted by Crippen LogP contribution is 2.29. The molecule has 0 atom stereocenters. The Morgan fingerprint density at radius 3 is 2.14 bits per heavy atom. The minimum atomic E-state index is -0.312. The van der Waals surface area contributed by atoms with Gasteiger partial charge in [0.2, 0.25) is 5.78 Å². The second-order valence-corrected chi connectivity index (χ2v) is 7.26. The van der Waals surface area contributed by atoms with Gasteiger partial charge in [0.1, 0.15) is 0 Å². The molecule has 0 unspecified atom stereocenters. The van der Waals surface area contributed by atoms with E-state index >= 15 is 0 Å². The second kappa shape index (κ2) is 8.85. The van der Waals surface area contributed by atoms with E-state index in [1.807, 2.05) is 30.5 Å². The zero-order valence-corrected chi connectivity index (χ0v) is 16.7. The van der Waals surface area contributed by atoms with Crippen molar-refractivity contribution in [3.63, 3.8) is 0 Å². The number of hydrogen-bond acceptors (Lipinski definition) is 3. The molecular formula is C24H22ClNO2. The van der Waals surface area contributed by atoms with Crippen molar-refractivity contribution in [1.29, 1.82) is 0 Å². The Hall–Kier alpha value is -2.91. The summed E-state index contributed by atoms with van der Waals surface area (Å²) in [5.74, 6) is -0.539. The van der Waals surface area contributed by atoms with Crippen LogP contribution in [0.3, 0.4) is 0 Å². The van der Waals surface area contributed by atoms with E-state index in [9.17, 15) is 9.59 Å². The van der Waals surface area contributed by atoms with Gasteiger partial charge >= 0.3 is 0 Å². The first-order valence-electron chi connectivity index (χ1n) is 9.21. The second-order valence-electron chi connectivity index (χ2n) is 6.88. The molecule has 0 radical (unpaired) electrons. The predicted molar refractivity (Wildman–Crippen MR) is 113 cm³/mol. The third-order valence-corrected chi connectivity index (χ3v) is 4.99. The number of fused-ring (bicyclic) bond motifs is 1. The molecule has 3 nitrogen and oxygen atoms in total. The van der Waals surface area contributed by atoms with Gasteiger partial charge in [-0.1, -0.05) is 72.3 Å². The third kappa shape index (κ3) is 4.32. The number of nitrogens with zero attached hydrogens (tertiary/aromatic N) is 1. The molecule has 0 heterocycles. The molecule has 142 valence electrons. The molecular weight excluding hydrogens is 370 g/mol. The Morgan fingerprint density at radius 2 is 1.50 bits per heavy atom. The van der Waals surface area contributed by atoms with E-state index in [4.69, 9.17) is 11.6 Å². The fourth-order valence-corrected chi connectivity index (χ4v) is 3.28. The summed E-state index contributed by atoms with van der Waals surface area (Å²) in [6, 6.07) is 17.3. The summed E-state index contributed by atoms with van der Waals surface area (Å²) in [6.07, 6.45) is 7.19. The van der Waals surface area contributed by atoms with E-state index < -0.39 is 0 Å². The molecule has 0 amide bonds. The van der Waals surface area contributed by atoms with Gasteiger partial charge in [0.15, 0.2) is 5.78 Å². The van der Waals surface area contributed by atoms with Crippen LogP contribution in [0.25, 0.3) is 0 Å². The number of benzene rings is 2. The number of Topliss-reactive ketones (excluding diaryl/α,β-unsaturated/α-hetero) is 2. The molecule has 2 aromatic carbocycles. The minimum absolute atomic E-state index is 0.0293. The SMILES string of the molecule is CC(C)N(/C=C/C=C/C1=C(Cl)C(=O)c2ccccc2C1=O)Cc1ccccc1. The maximum Gasteiger partial charge on any atom is 0.205 e. The fraction of sp³-hybridized carbons (Fsp3) is 0.167. The molecule has 2 aromatic rings. The van der Waals surface area contributed by atoms with Crippen LogP contribution in [0, 0.1) is 0 Å². The van der Waals surface area contributed by atoms with E-state index in [0.717, 1.165) is 6.54 Å². The quantitative estimate of drug-likeness (QED) is 0.607. The number of allylic oxidation sites excluding steroid dienone is 5. The van der Waals surface area contributed by atoms with Gasteiger partial charge in [0, 0.05) is 29.3 Å². The fourth-order valence-electron chi connectivity index (χ4n) is 3.03. The Balaban J connectivity index is 1.76. The largest absolute Gasteiger partial charge is 0.371 e. The molecule has 1 aliphatic rings. The first-order chi connectivity index (χ1) is 13.5. The van der Waals surface area contributed by atoms with Gasteiger partial charge in [0.25, 0.3) is 0 Å². The summed E-state index contributed by atoms with van der Waals surface area (Å²) in [7, 11) is 0. The Morgan fingerprint density at radius 1 is 0.893 bits per heavy atom. The minimum Gasteiger partial charge on any atom is -0.371 e. The van der Waals surface area contributed by atoms with Gasteiger partial charge in [-0.25, -0.2) is 0 Å². The third-order valence-electron chi connectivity index (χ3n) is 4.62. The lowest BCUT2D eigenvalue weighted by Gasteiger charge is -2.24. The molecule has 0 aromatic heterocycles. The average molecular weight is 392 g/mol. The zero-order valence-electron chi connectivity index (χ0n) is 15.9. The van der Waals surface area contributed by atoms with Crippen LogP contribution >= 0.6 is 11.6 Å². The first kappa shape index (κ1) is 19.8. The smallest absolute Gasteiger partial charge is 0.205 e. The van der Waals surface area contributed by atoms with Gasteiger partial charge in [-0.15, -0.1) is 0 Å². The van der Waals surface area contributed by atoms with Crippen LogP contribution in [0.2, 0.25) is 0 Å². The van der Waals surface area contributed by atoms with E-state index in [1.54, 1.807) is 36.4 Å². The lowest BCUT2D eigenvalue weighted by atomic mass is 9.89. The summed E-state index contributed by atoms with van der Waals surface area (Å²) >= 11 is 6.18. The van der Waals surface area contributed by atoms with Crippen molar-refractivity contribution in [2.75, 3.05) is 0 Å². The lowest BCUT2D eigenvalue weighted by molar-refractivity contribution is 0.0984. The predicted octanol–water partition coefficient (Wildman–Crippen LogP) is 5.54. The van der Waals surface area contributed by atoms with Crippen LogP contribution in [0.5, 0.6) is 0 Å². The van der Waals surface area contributed by atoms with Crippen LogP contribution in [0.4, 0.5) is 0 Å². The first-order valence-corrected chi connectivity index (χ1v) is 9.59. The highest BCUT2D eigenvalue weighted by atomic mass is 35.5. The van der Waals surface area contributed by atoms with E-state index in [2.05, 4.69) is 30.9 Å². The standard InChI is InChI=1S/C24H22ClNO2/c1-17(2)26(16-18-10-4-3-5-11-18)15-9-8-14-21-22(25)24(28)20-13-7-6-12-19(20)23(21)27/h3-15,17H,16H2,1-2H3/b14-8+,15-9+.